The Hall–Kier alpha value is -5.90. The first kappa shape index (κ1) is 27.9. The van der Waals surface area contributed by atoms with Crippen LogP contribution in [-0.4, -0.2) is 44.1 Å². The Balaban J connectivity index is 1.32. The summed E-state index contributed by atoms with van der Waals surface area (Å²) in [6.07, 6.45) is 3.38. The van der Waals surface area contributed by atoms with Crippen molar-refractivity contribution in [3.8, 4) is 33.9 Å². The summed E-state index contributed by atoms with van der Waals surface area (Å²) in [7, 11) is 3.20. The van der Waals surface area contributed by atoms with E-state index in [4.69, 9.17) is 28.7 Å². The smallest absolute Gasteiger partial charge is 0.192 e. The number of hydrogen-bond donors (Lipinski definition) is 0. The molecular weight excluding hydrogens is 568 g/mol. The average Bonchev–Trinajstić information content (AvgIpc) is 3.83. The van der Waals surface area contributed by atoms with Crippen molar-refractivity contribution in [2.75, 3.05) is 14.2 Å². The van der Waals surface area contributed by atoms with E-state index in [1.54, 1.807) is 31.3 Å². The second kappa shape index (κ2) is 12.0. The normalized spacial score (nSPS) is 11.8. The van der Waals surface area contributed by atoms with Gasteiger partial charge in [-0.2, -0.15) is 0 Å². The zero-order valence-corrected chi connectivity index (χ0v) is 25.0. The number of nitrogens with zero attached hydrogens (tertiary/aromatic N) is 6. The second-order valence-electron chi connectivity index (χ2n) is 10.4. The molecule has 0 radical (unpaired) electrons. The zero-order valence-electron chi connectivity index (χ0n) is 25.0. The largest absolute Gasteiger partial charge is 0.493 e. The lowest BCUT2D eigenvalue weighted by Crippen LogP contribution is -2.03. The van der Waals surface area contributed by atoms with Crippen LogP contribution in [0.2, 0.25) is 0 Å². The van der Waals surface area contributed by atoms with Gasteiger partial charge in [-0.1, -0.05) is 65.8 Å². The Kier molecular flexibility index (Phi) is 7.44. The standard InChI is InChI=1S/C35H30N6O4/c1-23(26-16-17-28(42-2)29(19-26)43-3)39-45-21-30-37-35-32-31(24-11-6-4-7-12-24)33(25-13-8-5-9-14-25)40(20-27-15-10-18-44-27)34(32)36-22-41(35)38-30/h4-19,22H,20-21H2,1-3H3. The molecule has 7 aromatic rings. The number of fused-ring (bicyclic) bond motifs is 3. The number of methoxy groups -OCH3 is 2. The maximum absolute atomic E-state index is 5.78. The number of aromatic nitrogens is 5. The van der Waals surface area contributed by atoms with Crippen molar-refractivity contribution in [3.63, 3.8) is 0 Å². The molecule has 0 amide bonds. The van der Waals surface area contributed by atoms with E-state index in [1.165, 1.54) is 0 Å². The molecule has 0 atom stereocenters. The maximum Gasteiger partial charge on any atom is 0.192 e. The Morgan fingerprint density at radius 2 is 1.60 bits per heavy atom. The first-order valence-corrected chi connectivity index (χ1v) is 14.4. The fourth-order valence-corrected chi connectivity index (χ4v) is 5.54. The van der Waals surface area contributed by atoms with Crippen LogP contribution in [0, 0.1) is 0 Å². The summed E-state index contributed by atoms with van der Waals surface area (Å²) in [4.78, 5) is 15.6. The van der Waals surface area contributed by atoms with Gasteiger partial charge in [-0.05, 0) is 48.4 Å². The molecule has 10 heteroatoms. The van der Waals surface area contributed by atoms with E-state index < -0.39 is 0 Å². The van der Waals surface area contributed by atoms with Gasteiger partial charge in [0.1, 0.15) is 17.7 Å². The van der Waals surface area contributed by atoms with Crippen LogP contribution in [0.1, 0.15) is 24.1 Å². The Bertz CT molecular complexity index is 2120. The summed E-state index contributed by atoms with van der Waals surface area (Å²) in [5.41, 5.74) is 7.12. The quantitative estimate of drug-likeness (QED) is 0.123. The first-order valence-electron chi connectivity index (χ1n) is 14.4. The van der Waals surface area contributed by atoms with Gasteiger partial charge in [0.05, 0.1) is 43.8 Å². The van der Waals surface area contributed by atoms with Crippen LogP contribution >= 0.6 is 0 Å². The summed E-state index contributed by atoms with van der Waals surface area (Å²) in [5.74, 6) is 2.56. The third-order valence-corrected chi connectivity index (χ3v) is 7.62. The van der Waals surface area contributed by atoms with Crippen molar-refractivity contribution in [2.45, 2.75) is 20.1 Å². The van der Waals surface area contributed by atoms with Gasteiger partial charge >= 0.3 is 0 Å². The summed E-state index contributed by atoms with van der Waals surface area (Å²) in [5, 5.41) is 9.89. The van der Waals surface area contributed by atoms with Crippen molar-refractivity contribution in [1.29, 1.82) is 0 Å². The molecule has 0 aliphatic rings. The first-order chi connectivity index (χ1) is 22.1. The van der Waals surface area contributed by atoms with E-state index >= 15 is 0 Å². The molecule has 0 spiro atoms. The van der Waals surface area contributed by atoms with Gasteiger partial charge in [0.15, 0.2) is 29.6 Å². The van der Waals surface area contributed by atoms with Gasteiger partial charge in [0.2, 0.25) is 0 Å². The third-order valence-electron chi connectivity index (χ3n) is 7.62. The van der Waals surface area contributed by atoms with E-state index in [9.17, 15) is 0 Å². The predicted molar refractivity (Wildman–Crippen MR) is 172 cm³/mol. The molecule has 7 rings (SSSR count). The minimum absolute atomic E-state index is 0.0765. The average molecular weight is 599 g/mol. The van der Waals surface area contributed by atoms with Crippen molar-refractivity contribution in [2.24, 2.45) is 5.16 Å². The summed E-state index contributed by atoms with van der Waals surface area (Å²) in [6, 6.07) is 30.1. The summed E-state index contributed by atoms with van der Waals surface area (Å²) < 4.78 is 20.4. The maximum atomic E-state index is 5.78. The molecule has 4 aromatic heterocycles. The predicted octanol–water partition coefficient (Wildman–Crippen LogP) is 7.01. The number of ether oxygens (including phenoxy) is 2. The minimum atomic E-state index is 0.0765. The molecule has 3 aromatic carbocycles. The fraction of sp³-hybridized carbons (Fsp3) is 0.143. The lowest BCUT2D eigenvalue weighted by Gasteiger charge is -2.11. The molecule has 0 N–H and O–H groups in total. The van der Waals surface area contributed by atoms with Crippen LogP contribution in [0.4, 0.5) is 0 Å². The van der Waals surface area contributed by atoms with E-state index in [-0.39, 0.29) is 6.61 Å². The number of rotatable bonds is 10. The molecule has 0 fully saturated rings. The molecule has 0 saturated heterocycles. The Morgan fingerprint density at radius 3 is 2.31 bits per heavy atom. The van der Waals surface area contributed by atoms with Gasteiger partial charge < -0.3 is 23.3 Å². The topological polar surface area (TPSA) is 101 Å². The van der Waals surface area contributed by atoms with Gasteiger partial charge in [-0.3, -0.25) is 0 Å². The lowest BCUT2D eigenvalue weighted by atomic mass is 9.99. The van der Waals surface area contributed by atoms with Crippen LogP contribution in [0.15, 0.2) is 113 Å². The molecular formula is C35H30N6O4. The van der Waals surface area contributed by atoms with Gasteiger partial charge in [-0.25, -0.2) is 14.5 Å². The minimum Gasteiger partial charge on any atom is -0.493 e. The molecule has 0 unspecified atom stereocenters. The Morgan fingerprint density at radius 1 is 0.844 bits per heavy atom. The number of furan rings is 1. The van der Waals surface area contributed by atoms with Crippen molar-refractivity contribution < 1.29 is 18.7 Å². The van der Waals surface area contributed by atoms with E-state index in [1.807, 2.05) is 73.7 Å². The van der Waals surface area contributed by atoms with Crippen LogP contribution in [0.5, 0.6) is 11.5 Å². The highest BCUT2D eigenvalue weighted by molar-refractivity contribution is 6.09. The number of hydrogen-bond acceptors (Lipinski definition) is 8. The van der Waals surface area contributed by atoms with E-state index in [0.717, 1.165) is 44.7 Å². The van der Waals surface area contributed by atoms with E-state index in [0.29, 0.717) is 35.2 Å². The lowest BCUT2D eigenvalue weighted by molar-refractivity contribution is 0.125. The molecule has 4 heterocycles. The molecule has 10 nitrogen and oxygen atoms in total. The number of oxime groups is 1. The SMILES string of the molecule is COc1ccc(C(C)=NOCc2nc3c4c(-c5ccccc5)c(-c5ccccc5)n(Cc5ccco5)c4ncn3n2)cc1OC. The Labute approximate surface area is 259 Å². The van der Waals surface area contributed by atoms with Crippen LogP contribution in [0.25, 0.3) is 39.1 Å². The number of benzene rings is 3. The molecule has 0 aliphatic heterocycles. The monoisotopic (exact) mass is 598 g/mol. The zero-order chi connectivity index (χ0) is 30.8. The second-order valence-corrected chi connectivity index (χ2v) is 10.4. The molecule has 45 heavy (non-hydrogen) atoms. The van der Waals surface area contributed by atoms with Gasteiger partial charge in [0, 0.05) is 11.1 Å². The van der Waals surface area contributed by atoms with E-state index in [2.05, 4.69) is 39.1 Å². The van der Waals surface area contributed by atoms with Crippen LogP contribution in [0.3, 0.4) is 0 Å². The molecule has 224 valence electrons. The van der Waals surface area contributed by atoms with Gasteiger partial charge in [0.25, 0.3) is 0 Å². The summed E-state index contributed by atoms with van der Waals surface area (Å²) >= 11 is 0. The highest BCUT2D eigenvalue weighted by Crippen LogP contribution is 2.42. The van der Waals surface area contributed by atoms with Crippen LogP contribution in [-0.2, 0) is 18.0 Å². The highest BCUT2D eigenvalue weighted by atomic mass is 16.6. The molecule has 0 bridgehead atoms. The van der Waals surface area contributed by atoms with Crippen molar-refractivity contribution >= 4 is 22.4 Å². The van der Waals surface area contributed by atoms with Crippen LogP contribution < -0.4 is 9.47 Å². The highest BCUT2D eigenvalue weighted by Gasteiger charge is 2.25. The third kappa shape index (κ3) is 5.27. The fourth-order valence-electron chi connectivity index (χ4n) is 5.54. The molecule has 0 aliphatic carbocycles. The van der Waals surface area contributed by atoms with Crippen molar-refractivity contribution in [3.05, 3.63) is 121 Å². The summed E-state index contributed by atoms with van der Waals surface area (Å²) in [6.45, 7) is 2.44. The van der Waals surface area contributed by atoms with Crippen molar-refractivity contribution in [1.82, 2.24) is 24.1 Å². The van der Waals surface area contributed by atoms with Gasteiger partial charge in [-0.15, -0.1) is 5.10 Å². The molecule has 0 saturated carbocycles.